The van der Waals surface area contributed by atoms with Gasteiger partial charge in [-0.15, -0.1) is 0 Å². The molecule has 3 aromatic carbocycles. The zero-order chi connectivity index (χ0) is 12.8. The topological polar surface area (TPSA) is 9.23 Å². The highest BCUT2D eigenvalue weighted by Gasteiger charge is 2.17. The number of hydrogen-bond donors (Lipinski definition) is 0. The molecule has 0 radical (unpaired) electrons. The number of ether oxygens (including phenoxy) is 1. The Kier molecular flexibility index (Phi) is 2.16. The fraction of sp³-hybridized carbons (Fsp3) is 0.111. The van der Waals surface area contributed by atoms with Gasteiger partial charge in [0.2, 0.25) is 0 Å². The minimum absolute atomic E-state index is 0.136. The van der Waals surface area contributed by atoms with Crippen LogP contribution in [-0.4, -0.2) is 6.10 Å². The van der Waals surface area contributed by atoms with Crippen molar-refractivity contribution in [2.75, 3.05) is 0 Å². The predicted molar refractivity (Wildman–Crippen MR) is 80.6 cm³/mol. The van der Waals surface area contributed by atoms with Gasteiger partial charge in [0.25, 0.3) is 0 Å². The molecule has 4 rings (SSSR count). The third kappa shape index (κ3) is 1.48. The van der Waals surface area contributed by atoms with Crippen LogP contribution in [0.4, 0.5) is 0 Å². The van der Waals surface area contributed by atoms with E-state index in [1.807, 2.05) is 0 Å². The molecule has 1 aliphatic rings. The third-order valence-electron chi connectivity index (χ3n) is 3.76. The molecule has 1 heteroatoms. The van der Waals surface area contributed by atoms with Crippen molar-refractivity contribution < 1.29 is 4.74 Å². The molecule has 3 aromatic rings. The second-order valence-corrected chi connectivity index (χ2v) is 5.02. The van der Waals surface area contributed by atoms with Crippen molar-refractivity contribution in [1.82, 2.24) is 0 Å². The average molecular weight is 246 g/mol. The SMILES string of the molecule is CC1C=Cc2c(c3ccccc3c3ccccc23)O1. The van der Waals surface area contributed by atoms with E-state index < -0.39 is 0 Å². The second-order valence-electron chi connectivity index (χ2n) is 5.02. The highest BCUT2D eigenvalue weighted by atomic mass is 16.5. The molecule has 0 spiro atoms. The molecular formula is C18H14O. The van der Waals surface area contributed by atoms with Crippen LogP contribution in [0.25, 0.3) is 27.6 Å². The van der Waals surface area contributed by atoms with Crippen molar-refractivity contribution in [3.63, 3.8) is 0 Å². The molecule has 0 saturated carbocycles. The Balaban J connectivity index is 2.27. The normalized spacial score (nSPS) is 17.4. The first-order valence-corrected chi connectivity index (χ1v) is 6.63. The average Bonchev–Trinajstić information content (AvgIpc) is 2.47. The fourth-order valence-corrected chi connectivity index (χ4v) is 2.89. The van der Waals surface area contributed by atoms with Crippen molar-refractivity contribution in [2.45, 2.75) is 13.0 Å². The molecule has 1 unspecified atom stereocenters. The Morgan fingerprint density at radius 2 is 1.37 bits per heavy atom. The van der Waals surface area contributed by atoms with Crippen molar-refractivity contribution in [2.24, 2.45) is 0 Å². The molecule has 1 aliphatic heterocycles. The number of fused-ring (bicyclic) bond motifs is 6. The summed E-state index contributed by atoms with van der Waals surface area (Å²) in [4.78, 5) is 0. The van der Waals surface area contributed by atoms with E-state index in [0.29, 0.717) is 0 Å². The van der Waals surface area contributed by atoms with Crippen molar-refractivity contribution in [3.05, 3.63) is 60.2 Å². The Morgan fingerprint density at radius 3 is 2.11 bits per heavy atom. The van der Waals surface area contributed by atoms with E-state index in [1.54, 1.807) is 0 Å². The van der Waals surface area contributed by atoms with Gasteiger partial charge in [0.05, 0.1) is 0 Å². The predicted octanol–water partition coefficient (Wildman–Crippen LogP) is 4.79. The zero-order valence-electron chi connectivity index (χ0n) is 10.8. The quantitative estimate of drug-likeness (QED) is 0.518. The largest absolute Gasteiger partial charge is 0.485 e. The maximum Gasteiger partial charge on any atom is 0.135 e. The van der Waals surface area contributed by atoms with Gasteiger partial charge in [0.15, 0.2) is 0 Å². The lowest BCUT2D eigenvalue weighted by Crippen LogP contribution is -2.12. The Morgan fingerprint density at radius 1 is 0.789 bits per heavy atom. The maximum absolute atomic E-state index is 6.07. The van der Waals surface area contributed by atoms with E-state index in [4.69, 9.17) is 4.74 Å². The van der Waals surface area contributed by atoms with Gasteiger partial charge in [0.1, 0.15) is 11.9 Å². The molecule has 0 aromatic heterocycles. The Bertz CT molecular complexity index is 814. The van der Waals surface area contributed by atoms with Crippen LogP contribution < -0.4 is 4.74 Å². The summed E-state index contributed by atoms with van der Waals surface area (Å²) in [5.41, 5.74) is 1.20. The molecule has 0 N–H and O–H groups in total. The standard InChI is InChI=1S/C18H14O/c1-12-10-11-17-15-8-3-2-6-13(15)14-7-4-5-9-16(14)18(17)19-12/h2-12H,1H3. The van der Waals surface area contributed by atoms with Crippen LogP contribution in [0.3, 0.4) is 0 Å². The van der Waals surface area contributed by atoms with E-state index in [1.165, 1.54) is 27.1 Å². The molecule has 1 nitrogen and oxygen atoms in total. The van der Waals surface area contributed by atoms with Crippen LogP contribution in [0.5, 0.6) is 5.75 Å². The Hall–Kier alpha value is -2.28. The van der Waals surface area contributed by atoms with Crippen molar-refractivity contribution in [1.29, 1.82) is 0 Å². The van der Waals surface area contributed by atoms with Gasteiger partial charge in [-0.25, -0.2) is 0 Å². The van der Waals surface area contributed by atoms with Crippen LogP contribution in [-0.2, 0) is 0 Å². The monoisotopic (exact) mass is 246 g/mol. The van der Waals surface area contributed by atoms with Crippen molar-refractivity contribution in [3.8, 4) is 5.75 Å². The first-order chi connectivity index (χ1) is 9.34. The smallest absolute Gasteiger partial charge is 0.135 e. The lowest BCUT2D eigenvalue weighted by molar-refractivity contribution is 0.270. The van der Waals surface area contributed by atoms with Gasteiger partial charge in [0, 0.05) is 10.9 Å². The van der Waals surface area contributed by atoms with Crippen LogP contribution in [0.1, 0.15) is 12.5 Å². The second kappa shape index (κ2) is 3.86. The number of hydrogen-bond acceptors (Lipinski definition) is 1. The minimum atomic E-state index is 0.136. The molecule has 92 valence electrons. The summed E-state index contributed by atoms with van der Waals surface area (Å²) in [6.07, 6.45) is 4.44. The molecule has 1 heterocycles. The molecule has 0 bridgehead atoms. The molecule has 0 aliphatic carbocycles. The van der Waals surface area contributed by atoms with Crippen LogP contribution >= 0.6 is 0 Å². The van der Waals surface area contributed by atoms with Gasteiger partial charge >= 0.3 is 0 Å². The van der Waals surface area contributed by atoms with E-state index in [9.17, 15) is 0 Å². The lowest BCUT2D eigenvalue weighted by Gasteiger charge is -2.22. The summed E-state index contributed by atoms with van der Waals surface area (Å²) < 4.78 is 6.07. The molecule has 1 atom stereocenters. The Labute approximate surface area is 112 Å². The molecule has 0 saturated heterocycles. The van der Waals surface area contributed by atoms with Crippen LogP contribution in [0, 0.1) is 0 Å². The van der Waals surface area contributed by atoms with Crippen LogP contribution in [0.15, 0.2) is 54.6 Å². The lowest BCUT2D eigenvalue weighted by atomic mass is 9.94. The zero-order valence-corrected chi connectivity index (χ0v) is 10.8. The number of benzene rings is 3. The molecule has 0 fully saturated rings. The summed E-state index contributed by atoms with van der Waals surface area (Å²) in [7, 11) is 0. The van der Waals surface area contributed by atoms with E-state index in [-0.39, 0.29) is 6.10 Å². The summed E-state index contributed by atoms with van der Waals surface area (Å²) in [5.74, 6) is 1.02. The summed E-state index contributed by atoms with van der Waals surface area (Å²) >= 11 is 0. The minimum Gasteiger partial charge on any atom is -0.485 e. The molecule has 0 amide bonds. The summed E-state index contributed by atoms with van der Waals surface area (Å²) in [5, 5.41) is 5.02. The van der Waals surface area contributed by atoms with Crippen LogP contribution in [0.2, 0.25) is 0 Å². The summed E-state index contributed by atoms with van der Waals surface area (Å²) in [6.45, 7) is 2.07. The van der Waals surface area contributed by atoms with Gasteiger partial charge in [-0.2, -0.15) is 0 Å². The summed E-state index contributed by atoms with van der Waals surface area (Å²) in [6, 6.07) is 17.0. The van der Waals surface area contributed by atoms with E-state index in [2.05, 4.69) is 67.6 Å². The number of rotatable bonds is 0. The van der Waals surface area contributed by atoms with Gasteiger partial charge in [-0.1, -0.05) is 54.6 Å². The molecular weight excluding hydrogens is 232 g/mol. The first-order valence-electron chi connectivity index (χ1n) is 6.63. The third-order valence-corrected chi connectivity index (χ3v) is 3.76. The first kappa shape index (κ1) is 10.6. The maximum atomic E-state index is 6.07. The van der Waals surface area contributed by atoms with Crippen molar-refractivity contribution >= 4 is 27.6 Å². The van der Waals surface area contributed by atoms with E-state index in [0.717, 1.165) is 5.75 Å². The fourth-order valence-electron chi connectivity index (χ4n) is 2.89. The highest BCUT2D eigenvalue weighted by molar-refractivity contribution is 6.14. The molecule has 19 heavy (non-hydrogen) atoms. The van der Waals surface area contributed by atoms with Gasteiger partial charge in [-0.05, 0) is 29.2 Å². The highest BCUT2D eigenvalue weighted by Crippen LogP contribution is 2.40. The van der Waals surface area contributed by atoms with E-state index >= 15 is 0 Å². The van der Waals surface area contributed by atoms with Gasteiger partial charge < -0.3 is 4.74 Å². The van der Waals surface area contributed by atoms with Gasteiger partial charge in [-0.3, -0.25) is 0 Å².